The number of nitrogens with one attached hydrogen (secondary N) is 1. The van der Waals surface area contributed by atoms with Crippen molar-refractivity contribution >= 4 is 35.2 Å². The van der Waals surface area contributed by atoms with E-state index >= 15 is 0 Å². The second kappa shape index (κ2) is 8.11. The summed E-state index contributed by atoms with van der Waals surface area (Å²) in [7, 11) is 1.52. The number of hydrogen-bond donors (Lipinski definition) is 1. The molecule has 0 spiro atoms. The third-order valence-electron chi connectivity index (χ3n) is 4.43. The number of nitrogens with zero attached hydrogens (tertiary/aromatic N) is 4. The molecule has 1 aromatic carbocycles. The molecule has 0 saturated heterocycles. The Bertz CT molecular complexity index is 1070. The number of aryl methyl sites for hydroxylation is 1. The van der Waals surface area contributed by atoms with Crippen molar-refractivity contribution in [2.45, 2.75) is 13.3 Å². The number of aromatic nitrogens is 2. The summed E-state index contributed by atoms with van der Waals surface area (Å²) in [6, 6.07) is 3.78. The molecule has 0 fully saturated rings. The third-order valence-corrected chi connectivity index (χ3v) is 4.43. The molecule has 0 aliphatic carbocycles. The lowest BCUT2D eigenvalue weighted by molar-refractivity contribution is -0.385. The van der Waals surface area contributed by atoms with Gasteiger partial charge in [-0.3, -0.25) is 34.1 Å². The first kappa shape index (κ1) is 20.6. The summed E-state index contributed by atoms with van der Waals surface area (Å²) < 4.78 is 6.18. The van der Waals surface area contributed by atoms with Gasteiger partial charge in [-0.25, -0.2) is 4.79 Å². The Kier molecular flexibility index (Phi) is 5.58. The molecule has 1 aliphatic rings. The van der Waals surface area contributed by atoms with Crippen LogP contribution < -0.4 is 5.32 Å². The van der Waals surface area contributed by atoms with E-state index in [2.05, 4.69) is 10.4 Å². The number of benzene rings is 1. The topological polar surface area (TPSA) is 154 Å². The van der Waals surface area contributed by atoms with Gasteiger partial charge >= 0.3 is 5.97 Å². The maximum absolute atomic E-state index is 12.5. The molecule has 12 heteroatoms. The molecule has 30 heavy (non-hydrogen) atoms. The molecule has 3 rings (SSSR count). The Labute approximate surface area is 169 Å². The van der Waals surface area contributed by atoms with Crippen molar-refractivity contribution in [3.05, 3.63) is 51.2 Å². The number of rotatable bonds is 7. The molecule has 1 aromatic heterocycles. The van der Waals surface area contributed by atoms with Gasteiger partial charge in [-0.15, -0.1) is 0 Å². The van der Waals surface area contributed by atoms with Crippen molar-refractivity contribution in [1.29, 1.82) is 0 Å². The fourth-order valence-corrected chi connectivity index (χ4v) is 3.02. The number of fused-ring (bicyclic) bond motifs is 1. The van der Waals surface area contributed by atoms with E-state index in [1.54, 1.807) is 6.92 Å². The van der Waals surface area contributed by atoms with E-state index in [1.165, 1.54) is 30.1 Å². The van der Waals surface area contributed by atoms with Crippen molar-refractivity contribution < 1.29 is 28.8 Å². The third kappa shape index (κ3) is 3.62. The lowest BCUT2D eigenvalue weighted by Gasteiger charge is -2.14. The summed E-state index contributed by atoms with van der Waals surface area (Å²) in [5, 5.41) is 17.6. The summed E-state index contributed by atoms with van der Waals surface area (Å²) in [6.45, 7) is 1.49. The zero-order valence-electron chi connectivity index (χ0n) is 16.1. The van der Waals surface area contributed by atoms with E-state index in [4.69, 9.17) is 4.74 Å². The smallest absolute Gasteiger partial charge is 0.343 e. The van der Waals surface area contributed by atoms with Gasteiger partial charge in [0.05, 0.1) is 23.3 Å². The van der Waals surface area contributed by atoms with Crippen molar-refractivity contribution in [2.24, 2.45) is 7.05 Å². The molecule has 3 amide bonds. The number of anilines is 1. The normalized spacial score (nSPS) is 12.7. The number of hydrogen-bond acceptors (Lipinski definition) is 8. The minimum absolute atomic E-state index is 0.0593. The molecule has 1 N–H and O–H groups in total. The monoisotopic (exact) mass is 415 g/mol. The van der Waals surface area contributed by atoms with E-state index in [0.717, 1.165) is 11.0 Å². The first-order valence-electron chi connectivity index (χ1n) is 8.88. The molecular formula is C18H17N5O7. The molecular weight excluding hydrogens is 398 g/mol. The van der Waals surface area contributed by atoms with Gasteiger partial charge in [0.25, 0.3) is 17.5 Å². The van der Waals surface area contributed by atoms with E-state index in [-0.39, 0.29) is 42.1 Å². The van der Waals surface area contributed by atoms with Crippen LogP contribution in [0.25, 0.3) is 0 Å². The minimum Gasteiger partial charge on any atom is -0.462 e. The highest BCUT2D eigenvalue weighted by molar-refractivity contribution is 6.23. The molecule has 0 radical (unpaired) electrons. The van der Waals surface area contributed by atoms with Crippen molar-refractivity contribution in [3.8, 4) is 0 Å². The summed E-state index contributed by atoms with van der Waals surface area (Å²) in [5.41, 5.74) is -0.772. The number of nitro benzene ring substituents is 1. The molecule has 156 valence electrons. The molecule has 0 bridgehead atoms. The Hall–Kier alpha value is -4.09. The maximum atomic E-state index is 12.5. The molecule has 2 heterocycles. The summed E-state index contributed by atoms with van der Waals surface area (Å²) in [6.07, 6.45) is 0.962. The van der Waals surface area contributed by atoms with Gasteiger partial charge in [-0.2, -0.15) is 5.10 Å². The Morgan fingerprint density at radius 3 is 2.67 bits per heavy atom. The average Bonchev–Trinajstić information content (AvgIpc) is 3.18. The first-order valence-corrected chi connectivity index (χ1v) is 8.88. The number of carbonyl (C=O) groups excluding carboxylic acids is 4. The highest BCUT2D eigenvalue weighted by Gasteiger charge is 2.40. The van der Waals surface area contributed by atoms with Crippen LogP contribution in [0.3, 0.4) is 0 Å². The Balaban J connectivity index is 1.71. The van der Waals surface area contributed by atoms with E-state index in [1.807, 2.05) is 0 Å². The Morgan fingerprint density at radius 2 is 2.00 bits per heavy atom. The van der Waals surface area contributed by atoms with Gasteiger partial charge in [-0.05, 0) is 13.0 Å². The first-order chi connectivity index (χ1) is 14.3. The lowest BCUT2D eigenvalue weighted by atomic mass is 10.1. The molecule has 12 nitrogen and oxygen atoms in total. The minimum atomic E-state index is -0.831. The molecule has 0 saturated carbocycles. The highest BCUT2D eigenvalue weighted by atomic mass is 16.6. The predicted molar refractivity (Wildman–Crippen MR) is 101 cm³/mol. The van der Waals surface area contributed by atoms with Crippen LogP contribution in [-0.4, -0.2) is 56.4 Å². The van der Waals surface area contributed by atoms with Gasteiger partial charge in [0, 0.05) is 26.1 Å². The standard InChI is InChI=1S/C18H17N5O7/c1-3-30-18(27)11-9-19-21(2)15(11)20-13(24)7-8-22-16(25)10-5-4-6-12(23(28)29)14(10)17(22)26/h4-6,9H,3,7-8H2,1-2H3,(H,20,24). The zero-order valence-corrected chi connectivity index (χ0v) is 16.1. The van der Waals surface area contributed by atoms with Crippen LogP contribution in [0.15, 0.2) is 24.4 Å². The van der Waals surface area contributed by atoms with E-state index < -0.39 is 34.3 Å². The fraction of sp³-hybridized carbons (Fsp3) is 0.278. The largest absolute Gasteiger partial charge is 0.462 e. The van der Waals surface area contributed by atoms with Gasteiger partial charge < -0.3 is 10.1 Å². The number of carbonyl (C=O) groups is 4. The molecule has 1 aliphatic heterocycles. The second-order valence-corrected chi connectivity index (χ2v) is 6.27. The van der Waals surface area contributed by atoms with E-state index in [9.17, 15) is 29.3 Å². The van der Waals surface area contributed by atoms with Crippen molar-refractivity contribution in [2.75, 3.05) is 18.5 Å². The number of amides is 3. The number of imide groups is 1. The summed E-state index contributed by atoms with van der Waals surface area (Å²) in [5.74, 6) is -2.68. The summed E-state index contributed by atoms with van der Waals surface area (Å²) in [4.78, 5) is 60.5. The van der Waals surface area contributed by atoms with Crippen molar-refractivity contribution in [3.63, 3.8) is 0 Å². The van der Waals surface area contributed by atoms with Crippen LogP contribution in [0.1, 0.15) is 44.4 Å². The van der Waals surface area contributed by atoms with Crippen molar-refractivity contribution in [1.82, 2.24) is 14.7 Å². The fourth-order valence-electron chi connectivity index (χ4n) is 3.02. The van der Waals surface area contributed by atoms with Crippen LogP contribution in [0.2, 0.25) is 0 Å². The number of esters is 1. The Morgan fingerprint density at radius 1 is 1.27 bits per heavy atom. The van der Waals surface area contributed by atoms with Gasteiger partial charge in [0.2, 0.25) is 5.91 Å². The van der Waals surface area contributed by atoms with Gasteiger partial charge in [0.1, 0.15) is 16.9 Å². The predicted octanol–water partition coefficient (Wildman–Crippen LogP) is 1.13. The molecule has 2 aromatic rings. The van der Waals surface area contributed by atoms with Gasteiger partial charge in [0.15, 0.2) is 0 Å². The van der Waals surface area contributed by atoms with Crippen LogP contribution in [0, 0.1) is 10.1 Å². The molecule has 0 atom stereocenters. The van der Waals surface area contributed by atoms with Crippen LogP contribution in [0.5, 0.6) is 0 Å². The highest BCUT2D eigenvalue weighted by Crippen LogP contribution is 2.30. The maximum Gasteiger partial charge on any atom is 0.343 e. The van der Waals surface area contributed by atoms with Crippen LogP contribution in [-0.2, 0) is 16.6 Å². The summed E-state index contributed by atoms with van der Waals surface area (Å²) >= 11 is 0. The quantitative estimate of drug-likeness (QED) is 0.305. The van der Waals surface area contributed by atoms with E-state index in [0.29, 0.717) is 0 Å². The second-order valence-electron chi connectivity index (χ2n) is 6.27. The SMILES string of the molecule is CCOC(=O)c1cnn(C)c1NC(=O)CCN1C(=O)c2cccc([N+](=O)[O-])c2C1=O. The average molecular weight is 415 g/mol. The van der Waals surface area contributed by atoms with Crippen LogP contribution >= 0.6 is 0 Å². The number of nitro groups is 1. The molecule has 0 unspecified atom stereocenters. The zero-order chi connectivity index (χ0) is 22.0. The lowest BCUT2D eigenvalue weighted by Crippen LogP contribution is -2.33. The number of ether oxygens (including phenoxy) is 1. The van der Waals surface area contributed by atoms with Gasteiger partial charge in [-0.1, -0.05) is 6.07 Å². The van der Waals surface area contributed by atoms with Crippen LogP contribution in [0.4, 0.5) is 11.5 Å².